The van der Waals surface area contributed by atoms with Gasteiger partial charge in [0.05, 0.1) is 12.4 Å². The average Bonchev–Trinajstić information content (AvgIpc) is 3.13. The number of aliphatic hydroxyl groups is 1. The van der Waals surface area contributed by atoms with E-state index in [1.807, 2.05) is 27.8 Å². The fraction of sp³-hybridized carbons (Fsp3) is 0.474. The maximum Gasteiger partial charge on any atom is 0.317 e. The summed E-state index contributed by atoms with van der Waals surface area (Å²) in [5, 5.41) is 12.8. The van der Waals surface area contributed by atoms with Gasteiger partial charge in [-0.2, -0.15) is 0 Å². The van der Waals surface area contributed by atoms with E-state index in [-0.39, 0.29) is 18.1 Å². The summed E-state index contributed by atoms with van der Waals surface area (Å²) in [7, 11) is 0. The molecule has 1 saturated heterocycles. The first-order valence-electron chi connectivity index (χ1n) is 8.86. The van der Waals surface area contributed by atoms with Gasteiger partial charge in [0.2, 0.25) is 0 Å². The van der Waals surface area contributed by atoms with Crippen LogP contribution in [0.3, 0.4) is 0 Å². The summed E-state index contributed by atoms with van der Waals surface area (Å²) < 4.78 is 2.02. The predicted octanol–water partition coefficient (Wildman–Crippen LogP) is 2.23. The number of amides is 2. The van der Waals surface area contributed by atoms with Gasteiger partial charge in [0.1, 0.15) is 0 Å². The van der Waals surface area contributed by atoms with Crippen molar-refractivity contribution in [1.29, 1.82) is 0 Å². The Balaban J connectivity index is 1.53. The molecule has 2 unspecified atom stereocenters. The van der Waals surface area contributed by atoms with Crippen molar-refractivity contribution in [2.75, 3.05) is 13.1 Å². The Morgan fingerprint density at radius 1 is 1.44 bits per heavy atom. The van der Waals surface area contributed by atoms with Gasteiger partial charge in [0.15, 0.2) is 0 Å². The first-order chi connectivity index (χ1) is 12.1. The Morgan fingerprint density at radius 3 is 3.04 bits per heavy atom. The van der Waals surface area contributed by atoms with Crippen molar-refractivity contribution in [2.24, 2.45) is 5.92 Å². The van der Waals surface area contributed by atoms with E-state index in [9.17, 15) is 9.90 Å². The van der Waals surface area contributed by atoms with Crippen molar-refractivity contribution in [1.82, 2.24) is 19.8 Å². The molecule has 2 N–H and O–H groups in total. The highest BCUT2D eigenvalue weighted by molar-refractivity contribution is 5.74. The Kier molecular flexibility index (Phi) is 5.71. The van der Waals surface area contributed by atoms with Gasteiger partial charge in [-0.1, -0.05) is 24.3 Å². The lowest BCUT2D eigenvalue weighted by Gasteiger charge is -2.34. The Labute approximate surface area is 148 Å². The molecule has 1 aromatic heterocycles. The van der Waals surface area contributed by atoms with Gasteiger partial charge in [-0.15, -0.1) is 0 Å². The third-order valence-corrected chi connectivity index (χ3v) is 4.79. The van der Waals surface area contributed by atoms with E-state index in [0.29, 0.717) is 13.1 Å². The van der Waals surface area contributed by atoms with Crippen LogP contribution in [0.4, 0.5) is 4.79 Å². The molecule has 25 heavy (non-hydrogen) atoms. The molecule has 3 rings (SSSR count). The standard InChI is InChI=1S/C19H26N4O2/c1-15(24)18-6-3-8-23(13-18)19(25)21-11-16-4-2-5-17(10-16)12-22-9-7-20-14-22/h2,4-5,7,9-10,14-15,18,24H,3,6,8,11-13H2,1H3,(H,21,25). The zero-order valence-corrected chi connectivity index (χ0v) is 14.6. The fourth-order valence-electron chi connectivity index (χ4n) is 3.31. The van der Waals surface area contributed by atoms with Crippen LogP contribution in [-0.4, -0.2) is 44.8 Å². The normalized spacial score (nSPS) is 18.8. The first-order valence-corrected chi connectivity index (χ1v) is 8.86. The number of hydrogen-bond acceptors (Lipinski definition) is 3. The van der Waals surface area contributed by atoms with Crippen molar-refractivity contribution in [3.8, 4) is 0 Å². The van der Waals surface area contributed by atoms with Crippen LogP contribution in [0.15, 0.2) is 43.0 Å². The number of carbonyl (C=O) groups excluding carboxylic acids is 1. The van der Waals surface area contributed by atoms with Crippen LogP contribution in [0.25, 0.3) is 0 Å². The van der Waals surface area contributed by atoms with Crippen LogP contribution in [-0.2, 0) is 13.1 Å². The lowest BCUT2D eigenvalue weighted by atomic mass is 9.94. The lowest BCUT2D eigenvalue weighted by Crippen LogP contribution is -2.47. The number of imidazole rings is 1. The minimum Gasteiger partial charge on any atom is -0.393 e. The summed E-state index contributed by atoms with van der Waals surface area (Å²) in [4.78, 5) is 18.3. The van der Waals surface area contributed by atoms with Gasteiger partial charge in [0, 0.05) is 44.5 Å². The largest absolute Gasteiger partial charge is 0.393 e. The van der Waals surface area contributed by atoms with E-state index >= 15 is 0 Å². The summed E-state index contributed by atoms with van der Waals surface area (Å²) in [6, 6.07) is 8.16. The van der Waals surface area contributed by atoms with Crippen molar-refractivity contribution in [3.63, 3.8) is 0 Å². The highest BCUT2D eigenvalue weighted by atomic mass is 16.3. The van der Waals surface area contributed by atoms with Gasteiger partial charge < -0.3 is 19.9 Å². The molecular weight excluding hydrogens is 316 g/mol. The number of benzene rings is 1. The topological polar surface area (TPSA) is 70.4 Å². The SMILES string of the molecule is CC(O)C1CCCN(C(=O)NCc2cccc(Cn3ccnc3)c2)C1. The molecule has 1 fully saturated rings. The van der Waals surface area contributed by atoms with E-state index in [2.05, 4.69) is 22.4 Å². The van der Waals surface area contributed by atoms with Crippen LogP contribution in [0.1, 0.15) is 30.9 Å². The van der Waals surface area contributed by atoms with E-state index in [4.69, 9.17) is 0 Å². The van der Waals surface area contributed by atoms with E-state index in [1.165, 1.54) is 5.56 Å². The van der Waals surface area contributed by atoms with Crippen LogP contribution < -0.4 is 5.32 Å². The summed E-state index contributed by atoms with van der Waals surface area (Å²) in [6.45, 7) is 4.47. The molecule has 2 amide bonds. The Hall–Kier alpha value is -2.34. The molecule has 6 heteroatoms. The average molecular weight is 342 g/mol. The Morgan fingerprint density at radius 2 is 2.28 bits per heavy atom. The molecule has 0 radical (unpaired) electrons. The summed E-state index contributed by atoms with van der Waals surface area (Å²) in [5.74, 6) is 0.179. The Bertz CT molecular complexity index is 684. The number of hydrogen-bond donors (Lipinski definition) is 2. The summed E-state index contributed by atoms with van der Waals surface area (Å²) in [6.07, 6.45) is 7.06. The second-order valence-electron chi connectivity index (χ2n) is 6.80. The highest BCUT2D eigenvalue weighted by Crippen LogP contribution is 2.19. The molecule has 0 spiro atoms. The minimum absolute atomic E-state index is 0.0506. The van der Waals surface area contributed by atoms with Crippen molar-refractivity contribution < 1.29 is 9.90 Å². The third kappa shape index (κ3) is 4.82. The van der Waals surface area contributed by atoms with Gasteiger partial charge in [-0.3, -0.25) is 0 Å². The molecule has 2 heterocycles. The lowest BCUT2D eigenvalue weighted by molar-refractivity contribution is 0.0738. The number of nitrogens with zero attached hydrogens (tertiary/aromatic N) is 3. The number of likely N-dealkylation sites (tertiary alicyclic amines) is 1. The number of rotatable bonds is 5. The molecule has 0 aliphatic carbocycles. The van der Waals surface area contributed by atoms with Gasteiger partial charge in [-0.05, 0) is 30.9 Å². The zero-order chi connectivity index (χ0) is 17.6. The van der Waals surface area contributed by atoms with Crippen LogP contribution in [0, 0.1) is 5.92 Å². The summed E-state index contributed by atoms with van der Waals surface area (Å²) >= 11 is 0. The number of nitrogens with one attached hydrogen (secondary N) is 1. The second-order valence-corrected chi connectivity index (χ2v) is 6.80. The van der Waals surface area contributed by atoms with Crippen LogP contribution in [0.2, 0.25) is 0 Å². The highest BCUT2D eigenvalue weighted by Gasteiger charge is 2.26. The van der Waals surface area contributed by atoms with E-state index in [0.717, 1.165) is 31.5 Å². The minimum atomic E-state index is -0.365. The predicted molar refractivity (Wildman–Crippen MR) is 96.0 cm³/mol. The number of aromatic nitrogens is 2. The van der Waals surface area contributed by atoms with Gasteiger partial charge in [-0.25, -0.2) is 9.78 Å². The number of carbonyl (C=O) groups is 1. The molecule has 1 aromatic carbocycles. The summed E-state index contributed by atoms with van der Waals surface area (Å²) in [5.41, 5.74) is 2.26. The third-order valence-electron chi connectivity index (χ3n) is 4.79. The van der Waals surface area contributed by atoms with Crippen molar-refractivity contribution in [2.45, 2.75) is 39.0 Å². The first kappa shape index (κ1) is 17.5. The molecule has 1 aliphatic heterocycles. The monoisotopic (exact) mass is 342 g/mol. The van der Waals surface area contributed by atoms with Gasteiger partial charge >= 0.3 is 6.03 Å². The number of aliphatic hydroxyl groups excluding tert-OH is 1. The molecule has 6 nitrogen and oxygen atoms in total. The van der Waals surface area contributed by atoms with E-state index in [1.54, 1.807) is 19.4 Å². The van der Waals surface area contributed by atoms with Crippen LogP contribution >= 0.6 is 0 Å². The second kappa shape index (κ2) is 8.16. The van der Waals surface area contributed by atoms with E-state index < -0.39 is 0 Å². The molecule has 0 saturated carbocycles. The smallest absolute Gasteiger partial charge is 0.317 e. The number of urea groups is 1. The zero-order valence-electron chi connectivity index (χ0n) is 14.6. The maximum absolute atomic E-state index is 12.4. The molecule has 1 aliphatic rings. The van der Waals surface area contributed by atoms with Crippen molar-refractivity contribution >= 4 is 6.03 Å². The van der Waals surface area contributed by atoms with Gasteiger partial charge in [0.25, 0.3) is 0 Å². The van der Waals surface area contributed by atoms with Crippen molar-refractivity contribution in [3.05, 3.63) is 54.1 Å². The van der Waals surface area contributed by atoms with Crippen LogP contribution in [0.5, 0.6) is 0 Å². The molecule has 0 bridgehead atoms. The fourth-order valence-corrected chi connectivity index (χ4v) is 3.31. The number of piperidine rings is 1. The molecule has 134 valence electrons. The molecular formula is C19H26N4O2. The molecule has 2 atom stereocenters. The molecule has 2 aromatic rings. The quantitative estimate of drug-likeness (QED) is 0.875. The maximum atomic E-state index is 12.4.